The average molecular weight is 292 g/mol. The number of ether oxygens (including phenoxy) is 2. The number of allylic oxidation sites excluding steroid dienone is 1. The van der Waals surface area contributed by atoms with Crippen molar-refractivity contribution in [3.8, 4) is 11.5 Å². The van der Waals surface area contributed by atoms with Gasteiger partial charge in [-0.3, -0.25) is 4.79 Å². The third-order valence-corrected chi connectivity index (χ3v) is 3.21. The van der Waals surface area contributed by atoms with Crippen molar-refractivity contribution in [3.63, 3.8) is 0 Å². The summed E-state index contributed by atoms with van der Waals surface area (Å²) in [5, 5.41) is 3.03. The Balaban J connectivity index is 3.15. The molecule has 0 spiro atoms. The van der Waals surface area contributed by atoms with Crippen molar-refractivity contribution in [2.45, 2.75) is 6.42 Å². The highest BCUT2D eigenvalue weighted by atomic mass is 16.5. The summed E-state index contributed by atoms with van der Waals surface area (Å²) in [6, 6.07) is 3.55. The van der Waals surface area contributed by atoms with Crippen molar-refractivity contribution in [2.24, 2.45) is 0 Å². The lowest BCUT2D eigenvalue weighted by Crippen LogP contribution is -2.32. The van der Waals surface area contributed by atoms with Crippen molar-refractivity contribution in [3.05, 3.63) is 35.9 Å². The maximum absolute atomic E-state index is 12.5. The van der Waals surface area contributed by atoms with Crippen LogP contribution in [-0.2, 0) is 6.42 Å². The fourth-order valence-corrected chi connectivity index (χ4v) is 2.08. The highest BCUT2D eigenvalue weighted by Gasteiger charge is 2.17. The molecule has 0 unspecified atom stereocenters. The van der Waals surface area contributed by atoms with Crippen molar-refractivity contribution in [2.75, 3.05) is 41.4 Å². The maximum Gasteiger partial charge on any atom is 0.253 e. The number of carbonyl (C=O) groups excluding carboxylic acids is 1. The van der Waals surface area contributed by atoms with Crippen molar-refractivity contribution in [1.82, 2.24) is 10.2 Å². The van der Waals surface area contributed by atoms with E-state index in [1.807, 2.05) is 13.1 Å². The number of methoxy groups -OCH3 is 2. The standard InChI is InChI=1S/C16H24N2O3/c1-6-7-12-10-13(11-14(20-4)15(12)21-5)16(19)18(3)9-8-17-2/h6,10-11,17H,1,7-9H2,2-5H3. The Labute approximate surface area is 126 Å². The summed E-state index contributed by atoms with van der Waals surface area (Å²) in [5.74, 6) is 1.16. The van der Waals surface area contributed by atoms with E-state index in [1.54, 1.807) is 38.3 Å². The SMILES string of the molecule is C=CCc1cc(C(=O)N(C)CCNC)cc(OC)c1OC. The van der Waals surface area contributed by atoms with Crippen LogP contribution in [0.15, 0.2) is 24.8 Å². The smallest absolute Gasteiger partial charge is 0.253 e. The molecule has 0 fully saturated rings. The van der Waals surface area contributed by atoms with Gasteiger partial charge in [-0.25, -0.2) is 0 Å². The second kappa shape index (κ2) is 8.32. The van der Waals surface area contributed by atoms with Crippen LogP contribution in [0.5, 0.6) is 11.5 Å². The van der Waals surface area contributed by atoms with Crippen LogP contribution in [0, 0.1) is 0 Å². The predicted molar refractivity (Wildman–Crippen MR) is 84.3 cm³/mol. The lowest BCUT2D eigenvalue weighted by molar-refractivity contribution is 0.0796. The minimum atomic E-state index is -0.0449. The number of carbonyl (C=O) groups is 1. The normalized spacial score (nSPS) is 10.1. The molecule has 1 aromatic carbocycles. The molecule has 5 heteroatoms. The number of nitrogens with zero attached hydrogens (tertiary/aromatic N) is 1. The predicted octanol–water partition coefficient (Wildman–Crippen LogP) is 1.72. The van der Waals surface area contributed by atoms with Gasteiger partial charge in [0.1, 0.15) is 0 Å². The largest absolute Gasteiger partial charge is 0.493 e. The van der Waals surface area contributed by atoms with Gasteiger partial charge >= 0.3 is 0 Å². The quantitative estimate of drug-likeness (QED) is 0.741. The molecular weight excluding hydrogens is 268 g/mol. The van der Waals surface area contributed by atoms with Gasteiger partial charge in [-0.05, 0) is 25.6 Å². The van der Waals surface area contributed by atoms with E-state index in [-0.39, 0.29) is 5.91 Å². The van der Waals surface area contributed by atoms with Crippen LogP contribution in [0.2, 0.25) is 0 Å². The minimum absolute atomic E-state index is 0.0449. The Morgan fingerprint density at radius 1 is 1.38 bits per heavy atom. The molecule has 0 saturated heterocycles. The summed E-state index contributed by atoms with van der Waals surface area (Å²) in [4.78, 5) is 14.1. The second-order valence-electron chi connectivity index (χ2n) is 4.69. The highest BCUT2D eigenvalue weighted by Crippen LogP contribution is 2.33. The maximum atomic E-state index is 12.5. The molecule has 0 bridgehead atoms. The van der Waals surface area contributed by atoms with E-state index >= 15 is 0 Å². The average Bonchev–Trinajstić information content (AvgIpc) is 2.51. The summed E-state index contributed by atoms with van der Waals surface area (Å²) in [6.07, 6.45) is 2.39. The molecule has 0 aliphatic carbocycles. The number of hydrogen-bond donors (Lipinski definition) is 1. The van der Waals surface area contributed by atoms with Gasteiger partial charge in [-0.2, -0.15) is 0 Å². The third kappa shape index (κ3) is 4.23. The summed E-state index contributed by atoms with van der Waals surface area (Å²) < 4.78 is 10.7. The van der Waals surface area contributed by atoms with E-state index in [9.17, 15) is 4.79 Å². The zero-order valence-corrected chi connectivity index (χ0v) is 13.2. The lowest BCUT2D eigenvalue weighted by atomic mass is 10.0. The van der Waals surface area contributed by atoms with Crippen molar-refractivity contribution in [1.29, 1.82) is 0 Å². The monoisotopic (exact) mass is 292 g/mol. The van der Waals surface area contributed by atoms with E-state index in [4.69, 9.17) is 9.47 Å². The molecule has 1 aromatic rings. The van der Waals surface area contributed by atoms with Gasteiger partial charge in [-0.1, -0.05) is 6.08 Å². The summed E-state index contributed by atoms with van der Waals surface area (Å²) >= 11 is 0. The molecule has 0 aliphatic rings. The number of likely N-dealkylation sites (N-methyl/N-ethyl adjacent to an activating group) is 2. The number of amides is 1. The van der Waals surface area contributed by atoms with Gasteiger partial charge in [0.2, 0.25) is 0 Å². The first kappa shape index (κ1) is 17.0. The Kier molecular flexibility index (Phi) is 6.75. The third-order valence-electron chi connectivity index (χ3n) is 3.21. The van der Waals surface area contributed by atoms with Crippen LogP contribution < -0.4 is 14.8 Å². The molecule has 0 heterocycles. The molecule has 0 aliphatic heterocycles. The number of benzene rings is 1. The molecule has 0 radical (unpaired) electrons. The van der Waals surface area contributed by atoms with Gasteiger partial charge in [-0.15, -0.1) is 6.58 Å². The molecule has 1 amide bonds. The van der Waals surface area contributed by atoms with Crippen molar-refractivity contribution >= 4 is 5.91 Å². The fourth-order valence-electron chi connectivity index (χ4n) is 2.08. The summed E-state index contributed by atoms with van der Waals surface area (Å²) in [6.45, 7) is 5.12. The summed E-state index contributed by atoms with van der Waals surface area (Å²) in [7, 11) is 6.79. The molecular formula is C16H24N2O3. The molecule has 0 aromatic heterocycles. The molecule has 5 nitrogen and oxygen atoms in total. The number of nitrogens with one attached hydrogen (secondary N) is 1. The van der Waals surface area contributed by atoms with Gasteiger partial charge in [0, 0.05) is 31.3 Å². The van der Waals surface area contributed by atoms with Crippen LogP contribution in [0.1, 0.15) is 15.9 Å². The highest BCUT2D eigenvalue weighted by molar-refractivity contribution is 5.95. The first-order valence-electron chi connectivity index (χ1n) is 6.84. The number of hydrogen-bond acceptors (Lipinski definition) is 4. The van der Waals surface area contributed by atoms with Crippen molar-refractivity contribution < 1.29 is 14.3 Å². The molecule has 21 heavy (non-hydrogen) atoms. The van der Waals surface area contributed by atoms with Gasteiger partial charge in [0.05, 0.1) is 14.2 Å². The minimum Gasteiger partial charge on any atom is -0.493 e. The van der Waals surface area contributed by atoms with Crippen LogP contribution in [0.3, 0.4) is 0 Å². The van der Waals surface area contributed by atoms with Crippen LogP contribution >= 0.6 is 0 Å². The van der Waals surface area contributed by atoms with E-state index in [0.29, 0.717) is 30.0 Å². The molecule has 1 N–H and O–H groups in total. The second-order valence-corrected chi connectivity index (χ2v) is 4.69. The zero-order chi connectivity index (χ0) is 15.8. The van der Waals surface area contributed by atoms with Gasteiger partial charge in [0.25, 0.3) is 5.91 Å². The van der Waals surface area contributed by atoms with Crippen LogP contribution in [0.4, 0.5) is 0 Å². The Morgan fingerprint density at radius 3 is 2.62 bits per heavy atom. The first-order valence-corrected chi connectivity index (χ1v) is 6.84. The molecule has 0 atom stereocenters. The fraction of sp³-hybridized carbons (Fsp3) is 0.438. The van der Waals surface area contributed by atoms with Crippen LogP contribution in [0.25, 0.3) is 0 Å². The number of rotatable bonds is 8. The summed E-state index contributed by atoms with van der Waals surface area (Å²) in [5.41, 5.74) is 1.47. The Hall–Kier alpha value is -2.01. The Bertz CT molecular complexity index is 501. The Morgan fingerprint density at radius 2 is 2.10 bits per heavy atom. The molecule has 1 rings (SSSR count). The first-order chi connectivity index (χ1) is 10.1. The lowest BCUT2D eigenvalue weighted by Gasteiger charge is -2.19. The van der Waals surface area contributed by atoms with E-state index in [0.717, 1.165) is 12.1 Å². The van der Waals surface area contributed by atoms with E-state index in [2.05, 4.69) is 11.9 Å². The molecule has 0 saturated carbocycles. The molecule has 116 valence electrons. The van der Waals surface area contributed by atoms with Gasteiger partial charge < -0.3 is 19.7 Å². The topological polar surface area (TPSA) is 50.8 Å². The van der Waals surface area contributed by atoms with Crippen LogP contribution in [-0.4, -0.2) is 52.2 Å². The zero-order valence-electron chi connectivity index (χ0n) is 13.2. The van der Waals surface area contributed by atoms with Gasteiger partial charge in [0.15, 0.2) is 11.5 Å². The van der Waals surface area contributed by atoms with E-state index < -0.39 is 0 Å². The van der Waals surface area contributed by atoms with E-state index in [1.165, 1.54) is 0 Å².